The van der Waals surface area contributed by atoms with Crippen LogP contribution in [0.4, 0.5) is 11.5 Å². The van der Waals surface area contributed by atoms with Crippen LogP contribution in [0.15, 0.2) is 42.6 Å². The fraction of sp³-hybridized carbons (Fsp3) is 0.435. The van der Waals surface area contributed by atoms with Crippen LogP contribution >= 0.6 is 0 Å². The van der Waals surface area contributed by atoms with E-state index in [0.717, 1.165) is 62.4 Å². The average Bonchev–Trinajstić information content (AvgIpc) is 3.23. The van der Waals surface area contributed by atoms with Gasteiger partial charge in [0.05, 0.1) is 11.6 Å². The molecule has 2 amide bonds. The molecule has 0 radical (unpaired) electrons. The average molecular weight is 408 g/mol. The van der Waals surface area contributed by atoms with E-state index in [1.807, 2.05) is 30.3 Å². The molecular formula is C23H29N5O2. The number of nitrogens with two attached hydrogens (primary N) is 1. The van der Waals surface area contributed by atoms with Crippen molar-refractivity contribution in [3.63, 3.8) is 0 Å². The summed E-state index contributed by atoms with van der Waals surface area (Å²) in [4.78, 5) is 33.5. The predicted octanol–water partition coefficient (Wildman–Crippen LogP) is 2.77. The van der Waals surface area contributed by atoms with Gasteiger partial charge in [0, 0.05) is 31.5 Å². The molecule has 4 rings (SSSR count). The molecule has 7 nitrogen and oxygen atoms in total. The van der Waals surface area contributed by atoms with Gasteiger partial charge in [-0.05, 0) is 68.5 Å². The molecule has 0 spiro atoms. The van der Waals surface area contributed by atoms with Crippen LogP contribution in [0.1, 0.15) is 48.0 Å². The first-order valence-corrected chi connectivity index (χ1v) is 10.8. The third-order valence-electron chi connectivity index (χ3n) is 5.95. The molecule has 158 valence electrons. The zero-order valence-electron chi connectivity index (χ0n) is 17.2. The summed E-state index contributed by atoms with van der Waals surface area (Å²) in [6.45, 7) is 3.37. The first-order chi connectivity index (χ1) is 14.6. The molecule has 2 aliphatic rings. The van der Waals surface area contributed by atoms with Gasteiger partial charge >= 0.3 is 0 Å². The zero-order chi connectivity index (χ0) is 20.9. The Kier molecular flexibility index (Phi) is 6.28. The number of aromatic nitrogens is 1. The number of benzene rings is 1. The van der Waals surface area contributed by atoms with Gasteiger partial charge in [0.2, 0.25) is 5.91 Å². The number of carbonyl (C=O) groups excluding carboxylic acids is 2. The lowest BCUT2D eigenvalue weighted by Gasteiger charge is -2.29. The van der Waals surface area contributed by atoms with E-state index in [-0.39, 0.29) is 17.9 Å². The van der Waals surface area contributed by atoms with Gasteiger partial charge in [-0.1, -0.05) is 12.1 Å². The lowest BCUT2D eigenvalue weighted by atomic mass is 10.1. The zero-order valence-corrected chi connectivity index (χ0v) is 17.2. The number of amides is 2. The van der Waals surface area contributed by atoms with Crippen molar-refractivity contribution in [3.8, 4) is 0 Å². The molecule has 2 saturated heterocycles. The van der Waals surface area contributed by atoms with E-state index in [4.69, 9.17) is 5.73 Å². The van der Waals surface area contributed by atoms with Gasteiger partial charge in [-0.2, -0.15) is 0 Å². The molecule has 1 aromatic heterocycles. The van der Waals surface area contributed by atoms with E-state index >= 15 is 0 Å². The molecule has 1 atom stereocenters. The van der Waals surface area contributed by atoms with Crippen molar-refractivity contribution in [1.29, 1.82) is 0 Å². The molecule has 1 unspecified atom stereocenters. The smallest absolute Gasteiger partial charge is 0.259 e. The predicted molar refractivity (Wildman–Crippen MR) is 117 cm³/mol. The second-order valence-corrected chi connectivity index (χ2v) is 8.11. The minimum atomic E-state index is -0.265. The van der Waals surface area contributed by atoms with Gasteiger partial charge in [0.1, 0.15) is 5.82 Å². The Morgan fingerprint density at radius 2 is 1.90 bits per heavy atom. The van der Waals surface area contributed by atoms with Crippen LogP contribution in [0.25, 0.3) is 0 Å². The number of hydrogen-bond acceptors (Lipinski definition) is 5. The van der Waals surface area contributed by atoms with Gasteiger partial charge in [-0.15, -0.1) is 0 Å². The van der Waals surface area contributed by atoms with E-state index in [1.54, 1.807) is 12.3 Å². The summed E-state index contributed by atoms with van der Waals surface area (Å²) < 4.78 is 0. The summed E-state index contributed by atoms with van der Waals surface area (Å²) in [5.41, 5.74) is 7.91. The molecule has 7 heteroatoms. The molecule has 0 saturated carbocycles. The topological polar surface area (TPSA) is 91.6 Å². The second kappa shape index (κ2) is 9.26. The number of hydrogen-bond donors (Lipinski definition) is 2. The molecule has 0 bridgehead atoms. The highest BCUT2D eigenvalue weighted by atomic mass is 16.2. The number of piperidine rings is 1. The molecule has 3 heterocycles. The van der Waals surface area contributed by atoms with Crippen molar-refractivity contribution in [2.24, 2.45) is 5.73 Å². The minimum Gasteiger partial charge on any atom is -0.368 e. The summed E-state index contributed by atoms with van der Waals surface area (Å²) in [6, 6.07) is 11.2. The maximum absolute atomic E-state index is 13.0. The maximum atomic E-state index is 13.0. The standard InChI is InChI=1S/C23H29N5O2/c24-21(29)20-10-6-14-28(20)16-17-7-4-8-18(15-17)26-23(30)19-9-5-11-25-22(19)27-12-2-1-3-13-27/h4-5,7-9,11,15,20H,1-3,6,10,12-14,16H2,(H2,24,29)(H,26,30). The molecule has 1 aromatic carbocycles. The largest absolute Gasteiger partial charge is 0.368 e. The van der Waals surface area contributed by atoms with E-state index in [0.29, 0.717) is 12.1 Å². The van der Waals surface area contributed by atoms with Crippen molar-refractivity contribution in [2.75, 3.05) is 29.9 Å². The molecule has 2 fully saturated rings. The maximum Gasteiger partial charge on any atom is 0.259 e. The van der Waals surface area contributed by atoms with E-state index in [9.17, 15) is 9.59 Å². The number of rotatable bonds is 6. The highest BCUT2D eigenvalue weighted by Crippen LogP contribution is 2.24. The Balaban J connectivity index is 1.47. The third kappa shape index (κ3) is 4.62. The molecular weight excluding hydrogens is 378 g/mol. The molecule has 3 N–H and O–H groups in total. The van der Waals surface area contributed by atoms with Gasteiger partial charge in [-0.3, -0.25) is 14.5 Å². The number of pyridine rings is 1. The number of likely N-dealkylation sites (tertiary alicyclic amines) is 1. The monoisotopic (exact) mass is 407 g/mol. The van der Waals surface area contributed by atoms with Crippen LogP contribution in [0.3, 0.4) is 0 Å². The Morgan fingerprint density at radius 1 is 1.07 bits per heavy atom. The molecule has 2 aromatic rings. The van der Waals surface area contributed by atoms with E-state index in [1.165, 1.54) is 6.42 Å². The van der Waals surface area contributed by atoms with E-state index in [2.05, 4.69) is 20.1 Å². The quantitative estimate of drug-likeness (QED) is 0.768. The summed E-state index contributed by atoms with van der Waals surface area (Å²) in [5, 5.41) is 3.02. The number of nitrogens with one attached hydrogen (secondary N) is 1. The van der Waals surface area contributed by atoms with Gasteiger partial charge in [0.15, 0.2) is 0 Å². The highest BCUT2D eigenvalue weighted by Gasteiger charge is 2.28. The Hall–Kier alpha value is -2.93. The second-order valence-electron chi connectivity index (χ2n) is 8.11. The molecule has 30 heavy (non-hydrogen) atoms. The number of nitrogens with zero attached hydrogens (tertiary/aromatic N) is 3. The molecule has 0 aliphatic carbocycles. The lowest BCUT2D eigenvalue weighted by molar-refractivity contribution is -0.122. The first-order valence-electron chi connectivity index (χ1n) is 10.8. The minimum absolute atomic E-state index is 0.156. The third-order valence-corrected chi connectivity index (χ3v) is 5.95. The van der Waals surface area contributed by atoms with Crippen molar-refractivity contribution in [3.05, 3.63) is 53.7 Å². The van der Waals surface area contributed by atoms with Gasteiger partial charge in [0.25, 0.3) is 5.91 Å². The van der Waals surface area contributed by atoms with Crippen LogP contribution in [-0.4, -0.2) is 47.4 Å². The number of anilines is 2. The van der Waals surface area contributed by atoms with Gasteiger partial charge < -0.3 is 16.0 Å². The lowest BCUT2D eigenvalue weighted by Crippen LogP contribution is -2.39. The van der Waals surface area contributed by atoms with Crippen LogP contribution < -0.4 is 16.0 Å². The number of carbonyl (C=O) groups is 2. The van der Waals surface area contributed by atoms with Crippen molar-refractivity contribution in [2.45, 2.75) is 44.7 Å². The number of primary amides is 1. The first kappa shape index (κ1) is 20.3. The Morgan fingerprint density at radius 3 is 2.70 bits per heavy atom. The Bertz CT molecular complexity index is 910. The van der Waals surface area contributed by atoms with Crippen LogP contribution in [0, 0.1) is 0 Å². The van der Waals surface area contributed by atoms with Crippen molar-refractivity contribution in [1.82, 2.24) is 9.88 Å². The highest BCUT2D eigenvalue weighted by molar-refractivity contribution is 6.07. The SMILES string of the molecule is NC(=O)C1CCCN1Cc1cccc(NC(=O)c2cccnc2N2CCCCC2)c1. The summed E-state index contributed by atoms with van der Waals surface area (Å²) in [7, 11) is 0. The fourth-order valence-corrected chi connectivity index (χ4v) is 4.45. The van der Waals surface area contributed by atoms with Crippen molar-refractivity contribution < 1.29 is 9.59 Å². The summed E-state index contributed by atoms with van der Waals surface area (Å²) in [6.07, 6.45) is 7.01. The molecule has 2 aliphatic heterocycles. The van der Waals surface area contributed by atoms with Crippen LogP contribution in [-0.2, 0) is 11.3 Å². The van der Waals surface area contributed by atoms with Crippen LogP contribution in [0.2, 0.25) is 0 Å². The fourth-order valence-electron chi connectivity index (χ4n) is 4.45. The summed E-state index contributed by atoms with van der Waals surface area (Å²) >= 11 is 0. The Labute approximate surface area is 177 Å². The van der Waals surface area contributed by atoms with E-state index < -0.39 is 0 Å². The van der Waals surface area contributed by atoms with Crippen LogP contribution in [0.5, 0.6) is 0 Å². The summed E-state index contributed by atoms with van der Waals surface area (Å²) in [5.74, 6) is 0.336. The van der Waals surface area contributed by atoms with Crippen molar-refractivity contribution >= 4 is 23.3 Å². The normalized spacial score (nSPS) is 19.6. The van der Waals surface area contributed by atoms with Gasteiger partial charge in [-0.25, -0.2) is 4.98 Å².